The van der Waals surface area contributed by atoms with E-state index in [4.69, 9.17) is 11.0 Å². The van der Waals surface area contributed by atoms with E-state index in [0.29, 0.717) is 37.1 Å². The fourth-order valence-electron chi connectivity index (χ4n) is 3.14. The standard InChI is InChI=1S/C21H21N3O2S/c22-13-15-5-7-16(8-6-15)14-27-19-4-2-1-3-18(19)21(26)24-11-9-17(10-12-24)20(23)25/h1-8,17H,9-12,14H2,(H2,23,25). The van der Waals surface area contributed by atoms with E-state index in [1.54, 1.807) is 28.8 Å². The average Bonchev–Trinajstić information content (AvgIpc) is 2.72. The van der Waals surface area contributed by atoms with E-state index in [1.807, 2.05) is 36.4 Å². The van der Waals surface area contributed by atoms with Gasteiger partial charge in [0.05, 0.1) is 17.2 Å². The summed E-state index contributed by atoms with van der Waals surface area (Å²) < 4.78 is 0. The SMILES string of the molecule is N#Cc1ccc(CSc2ccccc2C(=O)N2CCC(C(N)=O)CC2)cc1. The predicted octanol–water partition coefficient (Wildman–Crippen LogP) is 3.19. The van der Waals surface area contributed by atoms with Gasteiger partial charge in [0.1, 0.15) is 0 Å². The summed E-state index contributed by atoms with van der Waals surface area (Å²) in [6, 6.07) is 17.2. The Morgan fingerprint density at radius 1 is 1.11 bits per heavy atom. The molecule has 1 aliphatic heterocycles. The van der Waals surface area contributed by atoms with Gasteiger partial charge in [0, 0.05) is 29.7 Å². The number of primary amides is 1. The third-order valence-corrected chi connectivity index (χ3v) is 5.92. The molecule has 27 heavy (non-hydrogen) atoms. The number of rotatable bonds is 5. The lowest BCUT2D eigenvalue weighted by molar-refractivity contribution is -0.123. The van der Waals surface area contributed by atoms with E-state index in [2.05, 4.69) is 6.07 Å². The number of benzene rings is 2. The van der Waals surface area contributed by atoms with Crippen molar-refractivity contribution in [1.29, 1.82) is 5.26 Å². The lowest BCUT2D eigenvalue weighted by Crippen LogP contribution is -2.41. The van der Waals surface area contributed by atoms with Crippen molar-refractivity contribution in [3.63, 3.8) is 0 Å². The smallest absolute Gasteiger partial charge is 0.254 e. The van der Waals surface area contributed by atoms with Crippen molar-refractivity contribution >= 4 is 23.6 Å². The van der Waals surface area contributed by atoms with E-state index >= 15 is 0 Å². The molecule has 1 heterocycles. The molecule has 0 bridgehead atoms. The van der Waals surface area contributed by atoms with Gasteiger partial charge >= 0.3 is 0 Å². The second-order valence-electron chi connectivity index (χ2n) is 6.56. The first-order valence-corrected chi connectivity index (χ1v) is 9.86. The molecule has 0 spiro atoms. The van der Waals surface area contributed by atoms with Crippen LogP contribution in [0.1, 0.15) is 34.3 Å². The minimum atomic E-state index is -0.277. The van der Waals surface area contributed by atoms with E-state index in [9.17, 15) is 9.59 Å². The van der Waals surface area contributed by atoms with Crippen LogP contribution in [0.2, 0.25) is 0 Å². The summed E-state index contributed by atoms with van der Waals surface area (Å²) in [5, 5.41) is 8.88. The van der Waals surface area contributed by atoms with Crippen molar-refractivity contribution in [3.05, 3.63) is 65.2 Å². The number of hydrogen-bond acceptors (Lipinski definition) is 4. The summed E-state index contributed by atoms with van der Waals surface area (Å²) in [4.78, 5) is 27.0. The molecule has 138 valence electrons. The normalized spacial score (nSPS) is 14.6. The molecule has 0 atom stereocenters. The minimum absolute atomic E-state index is 0.000786. The van der Waals surface area contributed by atoms with Gasteiger partial charge in [-0.1, -0.05) is 24.3 Å². The molecule has 0 aromatic heterocycles. The summed E-state index contributed by atoms with van der Waals surface area (Å²) in [6.45, 7) is 1.11. The number of carbonyl (C=O) groups excluding carboxylic acids is 2. The van der Waals surface area contributed by atoms with Crippen LogP contribution in [-0.2, 0) is 10.5 Å². The molecule has 2 N–H and O–H groups in total. The molecule has 0 saturated carbocycles. The fourth-order valence-corrected chi connectivity index (χ4v) is 4.14. The molecule has 2 amide bonds. The van der Waals surface area contributed by atoms with Gasteiger partial charge in [-0.15, -0.1) is 11.8 Å². The first-order valence-electron chi connectivity index (χ1n) is 8.88. The molecule has 3 rings (SSSR count). The van der Waals surface area contributed by atoms with Crippen LogP contribution in [0.3, 0.4) is 0 Å². The molecule has 1 fully saturated rings. The minimum Gasteiger partial charge on any atom is -0.369 e. The molecule has 2 aromatic carbocycles. The fraction of sp³-hybridized carbons (Fsp3) is 0.286. The largest absolute Gasteiger partial charge is 0.369 e. The number of amides is 2. The third-order valence-electron chi connectivity index (χ3n) is 4.78. The lowest BCUT2D eigenvalue weighted by atomic mass is 9.96. The number of likely N-dealkylation sites (tertiary alicyclic amines) is 1. The van der Waals surface area contributed by atoms with Crippen molar-refractivity contribution in [2.45, 2.75) is 23.5 Å². The third kappa shape index (κ3) is 4.69. The summed E-state index contributed by atoms with van der Waals surface area (Å²) in [7, 11) is 0. The summed E-state index contributed by atoms with van der Waals surface area (Å²) in [5.74, 6) is 0.316. The van der Waals surface area contributed by atoms with Gasteiger partial charge in [-0.25, -0.2) is 0 Å². The van der Waals surface area contributed by atoms with Crippen LogP contribution in [-0.4, -0.2) is 29.8 Å². The van der Waals surface area contributed by atoms with Crippen molar-refractivity contribution in [1.82, 2.24) is 4.90 Å². The number of thioether (sulfide) groups is 1. The van der Waals surface area contributed by atoms with E-state index < -0.39 is 0 Å². The van der Waals surface area contributed by atoms with Gasteiger partial charge in [0.2, 0.25) is 5.91 Å². The van der Waals surface area contributed by atoms with Crippen LogP contribution in [0.15, 0.2) is 53.4 Å². The van der Waals surface area contributed by atoms with Crippen LogP contribution in [0.25, 0.3) is 0 Å². The lowest BCUT2D eigenvalue weighted by Gasteiger charge is -2.31. The van der Waals surface area contributed by atoms with Crippen molar-refractivity contribution < 1.29 is 9.59 Å². The molecule has 1 aliphatic rings. The van der Waals surface area contributed by atoms with Gasteiger partial charge in [0.25, 0.3) is 5.91 Å². The highest BCUT2D eigenvalue weighted by Gasteiger charge is 2.27. The van der Waals surface area contributed by atoms with Crippen LogP contribution in [0.5, 0.6) is 0 Å². The van der Waals surface area contributed by atoms with Crippen LogP contribution in [0.4, 0.5) is 0 Å². The Morgan fingerprint density at radius 3 is 2.41 bits per heavy atom. The Hall–Kier alpha value is -2.78. The molecule has 2 aromatic rings. The van der Waals surface area contributed by atoms with Crippen LogP contribution < -0.4 is 5.73 Å². The Kier molecular flexibility index (Phi) is 6.15. The quantitative estimate of drug-likeness (QED) is 0.808. The molecular weight excluding hydrogens is 358 g/mol. The van der Waals surface area contributed by atoms with Crippen LogP contribution in [0, 0.1) is 17.2 Å². The molecule has 1 saturated heterocycles. The monoisotopic (exact) mass is 379 g/mol. The maximum atomic E-state index is 13.0. The molecule has 5 nitrogen and oxygen atoms in total. The Balaban J connectivity index is 1.67. The molecule has 0 radical (unpaired) electrons. The van der Waals surface area contributed by atoms with E-state index in [-0.39, 0.29) is 17.7 Å². The van der Waals surface area contributed by atoms with Crippen LogP contribution >= 0.6 is 11.8 Å². The number of nitrogens with two attached hydrogens (primary N) is 1. The molecule has 0 unspecified atom stereocenters. The number of nitriles is 1. The maximum Gasteiger partial charge on any atom is 0.254 e. The van der Waals surface area contributed by atoms with Gasteiger partial charge in [-0.3, -0.25) is 9.59 Å². The summed E-state index contributed by atoms with van der Waals surface area (Å²) in [5.41, 5.74) is 7.80. The number of piperidine rings is 1. The first-order chi connectivity index (χ1) is 13.1. The number of hydrogen-bond donors (Lipinski definition) is 1. The van der Waals surface area contributed by atoms with Gasteiger partial charge in [-0.05, 0) is 42.7 Å². The zero-order valence-electron chi connectivity index (χ0n) is 14.9. The topological polar surface area (TPSA) is 87.2 Å². The zero-order valence-corrected chi connectivity index (χ0v) is 15.7. The number of nitrogens with zero attached hydrogens (tertiary/aromatic N) is 2. The maximum absolute atomic E-state index is 13.0. The van der Waals surface area contributed by atoms with Gasteiger partial charge in [0.15, 0.2) is 0 Å². The zero-order chi connectivity index (χ0) is 19.2. The number of carbonyl (C=O) groups is 2. The van der Waals surface area contributed by atoms with Gasteiger partial charge < -0.3 is 10.6 Å². The second-order valence-corrected chi connectivity index (χ2v) is 7.58. The van der Waals surface area contributed by atoms with E-state index in [0.717, 1.165) is 16.2 Å². The van der Waals surface area contributed by atoms with E-state index in [1.165, 1.54) is 0 Å². The van der Waals surface area contributed by atoms with Crippen molar-refractivity contribution in [2.24, 2.45) is 11.7 Å². The summed E-state index contributed by atoms with van der Waals surface area (Å²) in [6.07, 6.45) is 1.25. The molecule has 0 aliphatic carbocycles. The molecule has 6 heteroatoms. The average molecular weight is 379 g/mol. The van der Waals surface area contributed by atoms with Crippen molar-refractivity contribution in [2.75, 3.05) is 13.1 Å². The molecular formula is C21H21N3O2S. The predicted molar refractivity (Wildman–Crippen MR) is 105 cm³/mol. The highest BCUT2D eigenvalue weighted by Crippen LogP contribution is 2.28. The first kappa shape index (κ1) is 19.0. The van der Waals surface area contributed by atoms with Crippen molar-refractivity contribution in [3.8, 4) is 6.07 Å². The highest BCUT2D eigenvalue weighted by molar-refractivity contribution is 7.98. The Bertz CT molecular complexity index is 866. The Morgan fingerprint density at radius 2 is 1.78 bits per heavy atom. The highest BCUT2D eigenvalue weighted by atomic mass is 32.2. The Labute approximate surface area is 163 Å². The second kappa shape index (κ2) is 8.74. The summed E-state index contributed by atoms with van der Waals surface area (Å²) >= 11 is 1.61. The van der Waals surface area contributed by atoms with Gasteiger partial charge in [-0.2, -0.15) is 5.26 Å².